The summed E-state index contributed by atoms with van der Waals surface area (Å²) < 4.78 is 5.28. The van der Waals surface area contributed by atoms with Crippen molar-refractivity contribution in [3.63, 3.8) is 0 Å². The van der Waals surface area contributed by atoms with Crippen LogP contribution in [0.25, 0.3) is 0 Å². The van der Waals surface area contributed by atoms with E-state index >= 15 is 0 Å². The lowest BCUT2D eigenvalue weighted by Crippen LogP contribution is -2.01. The van der Waals surface area contributed by atoms with Crippen LogP contribution >= 0.6 is 0 Å². The molecule has 12 heavy (non-hydrogen) atoms. The molecular weight excluding hydrogens is 150 g/mol. The van der Waals surface area contributed by atoms with Gasteiger partial charge in [0, 0.05) is 17.7 Å². The Hall–Kier alpha value is -1.44. The predicted octanol–water partition coefficient (Wildman–Crippen LogP) is 2.08. The fraction of sp³-hybridized carbons (Fsp3) is 0.100. The average Bonchev–Trinajstić information content (AvgIpc) is 2.57. The zero-order valence-corrected chi connectivity index (χ0v) is 6.66. The van der Waals surface area contributed by atoms with Crippen LogP contribution in [0, 0.1) is 6.10 Å². The summed E-state index contributed by atoms with van der Waals surface area (Å²) in [5.74, 6) is 0. The molecule has 1 heterocycles. The minimum Gasteiger partial charge on any atom is -0.485 e. The van der Waals surface area contributed by atoms with Gasteiger partial charge in [0.15, 0.2) is 6.10 Å². The van der Waals surface area contributed by atoms with Crippen molar-refractivity contribution in [1.29, 1.82) is 0 Å². The molecule has 0 aliphatic carbocycles. The predicted molar refractivity (Wildman–Crippen MR) is 48.0 cm³/mol. The Morgan fingerprint density at radius 1 is 1.25 bits per heavy atom. The first-order chi connectivity index (χ1) is 5.88. The topological polar surface area (TPSA) is 35.2 Å². The molecule has 1 aliphatic heterocycles. The summed E-state index contributed by atoms with van der Waals surface area (Å²) in [6.07, 6.45) is 5.45. The maximum absolute atomic E-state index is 5.77. The Bertz CT molecular complexity index is 298. The van der Waals surface area contributed by atoms with Crippen LogP contribution < -0.4 is 5.73 Å². The normalized spacial score (nSPS) is 16.3. The van der Waals surface area contributed by atoms with Crippen molar-refractivity contribution in [2.75, 3.05) is 5.73 Å². The highest BCUT2D eigenvalue weighted by Gasteiger charge is 2.17. The number of hydrogen-bond donors (Lipinski definition) is 1. The summed E-state index contributed by atoms with van der Waals surface area (Å²) in [5.41, 5.74) is 7.55. The van der Waals surface area contributed by atoms with Gasteiger partial charge in [-0.3, -0.25) is 0 Å². The number of nitrogens with two attached hydrogens (primary N) is 1. The molecule has 1 aromatic rings. The molecule has 0 aromatic heterocycles. The zero-order chi connectivity index (χ0) is 8.39. The lowest BCUT2D eigenvalue weighted by molar-refractivity contribution is 0.303. The van der Waals surface area contributed by atoms with Gasteiger partial charge in [0.1, 0.15) is 0 Å². The summed E-state index contributed by atoms with van der Waals surface area (Å²) in [6, 6.07) is 7.73. The van der Waals surface area contributed by atoms with Gasteiger partial charge in [0.2, 0.25) is 0 Å². The van der Waals surface area contributed by atoms with E-state index in [4.69, 9.17) is 10.5 Å². The van der Waals surface area contributed by atoms with Crippen molar-refractivity contribution < 1.29 is 4.74 Å². The van der Waals surface area contributed by atoms with Gasteiger partial charge in [-0.25, -0.2) is 0 Å². The number of para-hydroxylation sites is 1. The molecule has 1 aromatic carbocycles. The first-order valence-corrected chi connectivity index (χ1v) is 3.90. The number of nitrogen functional groups attached to an aromatic ring is 1. The van der Waals surface area contributed by atoms with Gasteiger partial charge in [-0.2, -0.15) is 0 Å². The standard InChI is InChI=1S/C10H10NO/c11-9-5-2-1-4-8(9)10-6-3-7-12-10/h1-5,7H,6,11H2. The molecule has 0 fully saturated rings. The molecule has 0 unspecified atom stereocenters. The molecule has 1 aliphatic rings. The van der Waals surface area contributed by atoms with Crippen molar-refractivity contribution in [3.8, 4) is 0 Å². The fourth-order valence-electron chi connectivity index (χ4n) is 1.26. The molecule has 2 heteroatoms. The third-order valence-electron chi connectivity index (χ3n) is 1.87. The van der Waals surface area contributed by atoms with Crippen LogP contribution in [0.5, 0.6) is 0 Å². The first kappa shape index (κ1) is 7.22. The zero-order valence-electron chi connectivity index (χ0n) is 6.66. The highest BCUT2D eigenvalue weighted by molar-refractivity contribution is 5.52. The molecule has 2 rings (SSSR count). The van der Waals surface area contributed by atoms with Gasteiger partial charge < -0.3 is 10.5 Å². The number of hydrogen-bond acceptors (Lipinski definition) is 2. The SMILES string of the molecule is Nc1ccccc1[C]1CC=CO1. The highest BCUT2D eigenvalue weighted by atomic mass is 16.5. The van der Waals surface area contributed by atoms with Crippen molar-refractivity contribution in [2.24, 2.45) is 0 Å². The molecule has 0 atom stereocenters. The van der Waals surface area contributed by atoms with E-state index in [-0.39, 0.29) is 0 Å². The van der Waals surface area contributed by atoms with Gasteiger partial charge in [-0.15, -0.1) is 0 Å². The maximum Gasteiger partial charge on any atom is 0.182 e. The van der Waals surface area contributed by atoms with Gasteiger partial charge in [-0.05, 0) is 12.1 Å². The second-order valence-corrected chi connectivity index (χ2v) is 2.70. The van der Waals surface area contributed by atoms with E-state index in [1.807, 2.05) is 30.3 Å². The maximum atomic E-state index is 5.77. The Kier molecular flexibility index (Phi) is 1.74. The first-order valence-electron chi connectivity index (χ1n) is 3.90. The molecule has 0 bridgehead atoms. The number of benzene rings is 1. The lowest BCUT2D eigenvalue weighted by Gasteiger charge is -2.10. The van der Waals surface area contributed by atoms with E-state index in [9.17, 15) is 0 Å². The van der Waals surface area contributed by atoms with Crippen molar-refractivity contribution in [3.05, 3.63) is 48.3 Å². The molecule has 2 N–H and O–H groups in total. The highest BCUT2D eigenvalue weighted by Crippen LogP contribution is 2.29. The Balaban J connectivity index is 2.27. The van der Waals surface area contributed by atoms with Crippen LogP contribution in [-0.2, 0) is 4.74 Å². The molecule has 61 valence electrons. The quantitative estimate of drug-likeness (QED) is 0.638. The summed E-state index contributed by atoms with van der Waals surface area (Å²) in [7, 11) is 0. The second-order valence-electron chi connectivity index (χ2n) is 2.70. The summed E-state index contributed by atoms with van der Waals surface area (Å²) in [4.78, 5) is 0. The molecule has 2 nitrogen and oxygen atoms in total. The largest absolute Gasteiger partial charge is 0.485 e. The lowest BCUT2D eigenvalue weighted by atomic mass is 10.1. The van der Waals surface area contributed by atoms with Crippen LogP contribution in [0.4, 0.5) is 5.69 Å². The molecule has 0 spiro atoms. The van der Waals surface area contributed by atoms with E-state index in [0.717, 1.165) is 23.8 Å². The third kappa shape index (κ3) is 1.16. The number of rotatable bonds is 1. The van der Waals surface area contributed by atoms with Crippen molar-refractivity contribution >= 4 is 5.69 Å². The molecule has 0 saturated carbocycles. The summed E-state index contributed by atoms with van der Waals surface area (Å²) in [5, 5.41) is 0. The van der Waals surface area contributed by atoms with E-state index < -0.39 is 0 Å². The number of ether oxygens (including phenoxy) is 1. The fourth-order valence-corrected chi connectivity index (χ4v) is 1.26. The Labute approximate surface area is 71.6 Å². The molecular formula is C10H10NO. The van der Waals surface area contributed by atoms with E-state index in [1.54, 1.807) is 6.26 Å². The second kappa shape index (κ2) is 2.89. The molecule has 1 radical (unpaired) electrons. The Morgan fingerprint density at radius 2 is 2.08 bits per heavy atom. The van der Waals surface area contributed by atoms with E-state index in [0.29, 0.717) is 0 Å². The minimum atomic E-state index is 0.774. The molecule has 0 saturated heterocycles. The van der Waals surface area contributed by atoms with Crippen LogP contribution in [0.3, 0.4) is 0 Å². The van der Waals surface area contributed by atoms with Gasteiger partial charge in [-0.1, -0.05) is 18.2 Å². The van der Waals surface area contributed by atoms with Crippen LogP contribution in [0.15, 0.2) is 36.6 Å². The van der Waals surface area contributed by atoms with E-state index in [2.05, 4.69) is 0 Å². The smallest absolute Gasteiger partial charge is 0.182 e. The van der Waals surface area contributed by atoms with Crippen LogP contribution in [0.1, 0.15) is 12.0 Å². The van der Waals surface area contributed by atoms with Crippen molar-refractivity contribution in [2.45, 2.75) is 6.42 Å². The average molecular weight is 160 g/mol. The van der Waals surface area contributed by atoms with Crippen LogP contribution in [-0.4, -0.2) is 0 Å². The summed E-state index contributed by atoms with van der Waals surface area (Å²) >= 11 is 0. The van der Waals surface area contributed by atoms with Gasteiger partial charge in [0.25, 0.3) is 0 Å². The number of anilines is 1. The van der Waals surface area contributed by atoms with Crippen molar-refractivity contribution in [1.82, 2.24) is 0 Å². The third-order valence-corrected chi connectivity index (χ3v) is 1.87. The molecule has 0 amide bonds. The van der Waals surface area contributed by atoms with Gasteiger partial charge in [0.05, 0.1) is 6.26 Å². The Morgan fingerprint density at radius 3 is 2.75 bits per heavy atom. The van der Waals surface area contributed by atoms with Gasteiger partial charge >= 0.3 is 0 Å². The minimum absolute atomic E-state index is 0.774. The van der Waals surface area contributed by atoms with E-state index in [1.165, 1.54) is 0 Å². The van der Waals surface area contributed by atoms with Crippen LogP contribution in [0.2, 0.25) is 0 Å². The summed E-state index contributed by atoms with van der Waals surface area (Å²) in [6.45, 7) is 0. The monoisotopic (exact) mass is 160 g/mol.